The second-order valence-corrected chi connectivity index (χ2v) is 5.65. The summed E-state index contributed by atoms with van der Waals surface area (Å²) in [5, 5.41) is 29.6. The maximum absolute atomic E-state index is 12.1. The van der Waals surface area contributed by atoms with Crippen molar-refractivity contribution in [3.63, 3.8) is 0 Å². The molecule has 2 aromatic heterocycles. The highest BCUT2D eigenvalue weighted by molar-refractivity contribution is 5.75. The molecule has 0 spiro atoms. The fraction of sp³-hybridized carbons (Fsp3) is 0.615. The number of aliphatic hydroxyl groups is 3. The van der Waals surface area contributed by atoms with Crippen LogP contribution < -0.4 is 16.2 Å². The van der Waals surface area contributed by atoms with Crippen molar-refractivity contribution >= 4 is 23.1 Å². The van der Waals surface area contributed by atoms with Crippen LogP contribution in [0.3, 0.4) is 0 Å². The van der Waals surface area contributed by atoms with Crippen molar-refractivity contribution in [3.05, 3.63) is 10.4 Å². The third kappa shape index (κ3) is 2.41. The van der Waals surface area contributed by atoms with Crippen molar-refractivity contribution < 1.29 is 20.1 Å². The van der Waals surface area contributed by atoms with Gasteiger partial charge in [0.25, 0.3) is 5.56 Å². The fourth-order valence-corrected chi connectivity index (χ4v) is 2.73. The Kier molecular flexibility index (Phi) is 4.17. The highest BCUT2D eigenvalue weighted by Gasteiger charge is 2.45. The predicted octanol–water partition coefficient (Wildman–Crippen LogP) is -2.23. The van der Waals surface area contributed by atoms with E-state index in [1.807, 2.05) is 6.92 Å². The first-order valence-corrected chi connectivity index (χ1v) is 7.50. The van der Waals surface area contributed by atoms with Crippen molar-refractivity contribution in [2.24, 2.45) is 0 Å². The molecule has 2 aromatic rings. The van der Waals surface area contributed by atoms with Gasteiger partial charge in [0.15, 0.2) is 17.4 Å². The fourth-order valence-electron chi connectivity index (χ4n) is 2.73. The lowest BCUT2D eigenvalue weighted by Gasteiger charge is -2.23. The van der Waals surface area contributed by atoms with Crippen LogP contribution in [0.4, 0.5) is 11.9 Å². The highest BCUT2D eigenvalue weighted by Crippen LogP contribution is 2.34. The summed E-state index contributed by atoms with van der Waals surface area (Å²) in [6.45, 7) is 1.98. The first-order valence-electron chi connectivity index (χ1n) is 7.50. The van der Waals surface area contributed by atoms with Gasteiger partial charge in [0.1, 0.15) is 18.3 Å². The molecule has 0 bridgehead atoms. The van der Waals surface area contributed by atoms with E-state index < -0.39 is 36.7 Å². The molecule has 1 fully saturated rings. The summed E-state index contributed by atoms with van der Waals surface area (Å²) < 4.78 is 6.97. The third-order valence-corrected chi connectivity index (χ3v) is 4.14. The lowest BCUT2D eigenvalue weighted by Crippen LogP contribution is -2.33. The zero-order valence-corrected chi connectivity index (χ0v) is 13.2. The summed E-state index contributed by atoms with van der Waals surface area (Å²) in [6, 6.07) is 0. The van der Waals surface area contributed by atoms with Crippen LogP contribution in [0.2, 0.25) is 0 Å². The molecule has 3 rings (SSSR count). The number of hydrogen-bond acceptors (Lipinski definition) is 9. The predicted molar refractivity (Wildman–Crippen MR) is 84.5 cm³/mol. The molecule has 1 saturated heterocycles. The molecule has 3 heterocycles. The molecule has 1 aliphatic heterocycles. The Bertz CT molecular complexity index is 804. The molecule has 0 saturated carbocycles. The van der Waals surface area contributed by atoms with Gasteiger partial charge < -0.3 is 30.7 Å². The molecule has 4 atom stereocenters. The van der Waals surface area contributed by atoms with Gasteiger partial charge in [0, 0.05) is 13.6 Å². The lowest BCUT2D eigenvalue weighted by atomic mass is 10.1. The average molecular weight is 340 g/mol. The Balaban J connectivity index is 2.23. The number of ether oxygens (including phenoxy) is 1. The van der Waals surface area contributed by atoms with Gasteiger partial charge in [-0.3, -0.25) is 14.3 Å². The van der Waals surface area contributed by atoms with E-state index in [9.17, 15) is 20.1 Å². The first kappa shape index (κ1) is 16.6. The standard InChI is InChI=1S/C13H20N6O5/c1-3-18(2)13-15-6-9(16-12(14)17-10(6)23)19(13)11-8(22)7(21)5(4-20)24-11/h5,7-8,11,20-22H,3-4H2,1-2H3,(H3,14,16,17,23). The number of aromatic nitrogens is 4. The van der Waals surface area contributed by atoms with Crippen molar-refractivity contribution in [1.29, 1.82) is 0 Å². The number of anilines is 2. The second kappa shape index (κ2) is 6.02. The first-order chi connectivity index (χ1) is 11.4. The number of fused-ring (bicyclic) bond motifs is 1. The van der Waals surface area contributed by atoms with Crippen LogP contribution in [-0.4, -0.2) is 73.3 Å². The van der Waals surface area contributed by atoms with Gasteiger partial charge in [-0.2, -0.15) is 4.98 Å². The van der Waals surface area contributed by atoms with Crippen molar-refractivity contribution in [2.75, 3.05) is 30.8 Å². The summed E-state index contributed by atoms with van der Waals surface area (Å²) in [4.78, 5) is 24.5. The molecular formula is C13H20N6O5. The summed E-state index contributed by atoms with van der Waals surface area (Å²) >= 11 is 0. The molecule has 11 nitrogen and oxygen atoms in total. The van der Waals surface area contributed by atoms with E-state index in [1.165, 1.54) is 4.57 Å². The quantitative estimate of drug-likeness (QED) is 0.414. The number of nitrogens with zero attached hydrogens (tertiary/aromatic N) is 4. The number of nitrogens with two attached hydrogens (primary N) is 1. The summed E-state index contributed by atoms with van der Waals surface area (Å²) in [5.41, 5.74) is 5.26. The minimum Gasteiger partial charge on any atom is -0.394 e. The van der Waals surface area contributed by atoms with Crippen molar-refractivity contribution in [2.45, 2.75) is 31.5 Å². The monoisotopic (exact) mass is 340 g/mol. The minimum atomic E-state index is -1.33. The van der Waals surface area contributed by atoms with Crippen molar-refractivity contribution in [3.8, 4) is 0 Å². The SMILES string of the molecule is CCN(C)c1nc2c(=O)[nH]c(N)nc2n1C1OC(CO)C(O)C1O. The van der Waals surface area contributed by atoms with Gasteiger partial charge >= 0.3 is 0 Å². The van der Waals surface area contributed by atoms with Crippen molar-refractivity contribution in [1.82, 2.24) is 19.5 Å². The van der Waals surface area contributed by atoms with Crippen LogP contribution in [0.25, 0.3) is 11.2 Å². The Hall–Kier alpha value is -2.21. The average Bonchev–Trinajstić information content (AvgIpc) is 3.06. The third-order valence-electron chi connectivity index (χ3n) is 4.14. The highest BCUT2D eigenvalue weighted by atomic mass is 16.6. The van der Waals surface area contributed by atoms with E-state index in [1.54, 1.807) is 11.9 Å². The minimum absolute atomic E-state index is 0.0391. The number of rotatable bonds is 4. The smallest absolute Gasteiger partial charge is 0.280 e. The second-order valence-electron chi connectivity index (χ2n) is 5.65. The summed E-state index contributed by atoms with van der Waals surface area (Å²) in [6.07, 6.45) is -4.64. The van der Waals surface area contributed by atoms with E-state index in [2.05, 4.69) is 15.0 Å². The summed E-state index contributed by atoms with van der Waals surface area (Å²) in [5.74, 6) is 0.219. The molecule has 4 unspecified atom stereocenters. The Morgan fingerprint density at radius 3 is 2.67 bits per heavy atom. The van der Waals surface area contributed by atoms with Crippen LogP contribution >= 0.6 is 0 Å². The Labute approximate surface area is 136 Å². The molecule has 0 aromatic carbocycles. The Morgan fingerprint density at radius 2 is 2.08 bits per heavy atom. The molecule has 24 heavy (non-hydrogen) atoms. The lowest BCUT2D eigenvalue weighted by molar-refractivity contribution is -0.0504. The number of imidazole rings is 1. The summed E-state index contributed by atoms with van der Waals surface area (Å²) in [7, 11) is 1.75. The molecule has 0 aliphatic carbocycles. The number of aliphatic hydroxyl groups excluding tert-OH is 3. The van der Waals surface area contributed by atoms with Crippen LogP contribution in [0.15, 0.2) is 4.79 Å². The molecule has 0 radical (unpaired) electrons. The topological polar surface area (TPSA) is 163 Å². The zero-order valence-electron chi connectivity index (χ0n) is 13.2. The largest absolute Gasteiger partial charge is 0.394 e. The molecule has 6 N–H and O–H groups in total. The molecule has 132 valence electrons. The van der Waals surface area contributed by atoms with E-state index in [0.29, 0.717) is 12.5 Å². The van der Waals surface area contributed by atoms with Gasteiger partial charge in [0.05, 0.1) is 6.61 Å². The van der Waals surface area contributed by atoms with E-state index >= 15 is 0 Å². The number of nitrogens with one attached hydrogen (secondary N) is 1. The van der Waals surface area contributed by atoms with E-state index in [4.69, 9.17) is 10.5 Å². The van der Waals surface area contributed by atoms with Crippen LogP contribution in [-0.2, 0) is 4.74 Å². The van der Waals surface area contributed by atoms with Gasteiger partial charge in [-0.15, -0.1) is 0 Å². The molecule has 11 heteroatoms. The normalized spacial score (nSPS) is 27.0. The van der Waals surface area contributed by atoms with Gasteiger partial charge in [-0.1, -0.05) is 0 Å². The van der Waals surface area contributed by atoms with Crippen LogP contribution in [0, 0.1) is 0 Å². The number of nitrogen functional groups attached to an aromatic ring is 1. The van der Waals surface area contributed by atoms with E-state index in [0.717, 1.165) is 0 Å². The van der Waals surface area contributed by atoms with Crippen LogP contribution in [0.1, 0.15) is 13.2 Å². The Morgan fingerprint density at radius 1 is 1.38 bits per heavy atom. The van der Waals surface area contributed by atoms with Gasteiger partial charge in [-0.25, -0.2) is 4.98 Å². The van der Waals surface area contributed by atoms with E-state index in [-0.39, 0.29) is 17.1 Å². The number of aromatic amines is 1. The van der Waals surface area contributed by atoms with Crippen LogP contribution in [0.5, 0.6) is 0 Å². The van der Waals surface area contributed by atoms with Gasteiger partial charge in [-0.05, 0) is 6.92 Å². The molecule has 1 aliphatic rings. The number of hydrogen-bond donors (Lipinski definition) is 5. The van der Waals surface area contributed by atoms with Gasteiger partial charge in [0.2, 0.25) is 11.9 Å². The number of H-pyrrole nitrogens is 1. The molecular weight excluding hydrogens is 320 g/mol. The maximum atomic E-state index is 12.1. The zero-order chi connectivity index (χ0) is 17.6. The molecule has 0 amide bonds. The maximum Gasteiger partial charge on any atom is 0.280 e.